The molecule has 5 rings (SSSR count). The van der Waals surface area contributed by atoms with E-state index in [4.69, 9.17) is 0 Å². The summed E-state index contributed by atoms with van der Waals surface area (Å²) in [6.07, 6.45) is 6.64. The molecule has 3 aromatic heterocycles. The third-order valence-electron chi connectivity index (χ3n) is 5.64. The van der Waals surface area contributed by atoms with Crippen molar-refractivity contribution in [1.82, 2.24) is 24.7 Å². The van der Waals surface area contributed by atoms with Gasteiger partial charge in [0.15, 0.2) is 11.5 Å². The Hall–Kier alpha value is -3.43. The minimum absolute atomic E-state index is 0.0847. The second kappa shape index (κ2) is 7.68. The van der Waals surface area contributed by atoms with Gasteiger partial charge >= 0.3 is 0 Å². The molecule has 0 saturated carbocycles. The first-order chi connectivity index (χ1) is 15.0. The van der Waals surface area contributed by atoms with E-state index in [1.807, 2.05) is 6.07 Å². The molecule has 1 fully saturated rings. The van der Waals surface area contributed by atoms with Gasteiger partial charge in [0.2, 0.25) is 0 Å². The first-order valence-corrected chi connectivity index (χ1v) is 10.1. The van der Waals surface area contributed by atoms with Crippen molar-refractivity contribution in [3.63, 3.8) is 0 Å². The number of fused-ring (bicyclic) bond motifs is 2. The van der Waals surface area contributed by atoms with Crippen LogP contribution in [0.25, 0.3) is 16.7 Å². The van der Waals surface area contributed by atoms with Crippen LogP contribution in [0.2, 0.25) is 0 Å². The Kier molecular flexibility index (Phi) is 4.84. The molecule has 0 spiro atoms. The molecular formula is C22H21FN6O2. The molecule has 1 amide bonds. The minimum atomic E-state index is -0.535. The van der Waals surface area contributed by atoms with Crippen molar-refractivity contribution in [2.45, 2.75) is 25.4 Å². The highest BCUT2D eigenvalue weighted by molar-refractivity contribution is 6.11. The van der Waals surface area contributed by atoms with Gasteiger partial charge in [0.05, 0.1) is 28.6 Å². The first kappa shape index (κ1) is 19.5. The summed E-state index contributed by atoms with van der Waals surface area (Å²) in [6, 6.07) is 4.76. The molecule has 0 bridgehead atoms. The van der Waals surface area contributed by atoms with Crippen LogP contribution >= 0.6 is 0 Å². The number of imidazole rings is 1. The zero-order valence-corrected chi connectivity index (χ0v) is 16.8. The standard InChI is InChI=1S/C22H21FN6O2/c1-12-10-29-11-13(8-17(23)21(29)27-12)28-22(31)16-3-2-15(14-4-5-24-9-18(14)30)19-20(16)26-7-6-25-19/h2-3,6-8,10-11,14,18,24,30H,4-5,9H2,1H3,(H,28,31). The van der Waals surface area contributed by atoms with Gasteiger partial charge in [0, 0.05) is 43.3 Å². The summed E-state index contributed by atoms with van der Waals surface area (Å²) in [6.45, 7) is 3.08. The van der Waals surface area contributed by atoms with Crippen molar-refractivity contribution in [3.8, 4) is 0 Å². The van der Waals surface area contributed by atoms with Crippen LogP contribution < -0.4 is 10.6 Å². The van der Waals surface area contributed by atoms with E-state index in [-0.39, 0.29) is 11.6 Å². The fourth-order valence-electron chi connectivity index (χ4n) is 4.21. The largest absolute Gasteiger partial charge is 0.391 e. The second-order valence-corrected chi connectivity index (χ2v) is 7.77. The Labute approximate surface area is 177 Å². The van der Waals surface area contributed by atoms with Crippen molar-refractivity contribution in [1.29, 1.82) is 0 Å². The maximum Gasteiger partial charge on any atom is 0.257 e. The summed E-state index contributed by atoms with van der Waals surface area (Å²) in [5.41, 5.74) is 3.43. The van der Waals surface area contributed by atoms with Crippen LogP contribution in [0.4, 0.5) is 10.1 Å². The molecule has 4 heterocycles. The highest BCUT2D eigenvalue weighted by Crippen LogP contribution is 2.31. The minimum Gasteiger partial charge on any atom is -0.391 e. The van der Waals surface area contributed by atoms with E-state index >= 15 is 0 Å². The first-order valence-electron chi connectivity index (χ1n) is 10.1. The summed E-state index contributed by atoms with van der Waals surface area (Å²) in [7, 11) is 0. The molecule has 0 aliphatic carbocycles. The van der Waals surface area contributed by atoms with Gasteiger partial charge in [0.25, 0.3) is 5.91 Å². The van der Waals surface area contributed by atoms with Crippen molar-refractivity contribution < 1.29 is 14.3 Å². The quantitative estimate of drug-likeness (QED) is 0.470. The number of pyridine rings is 1. The van der Waals surface area contributed by atoms with E-state index in [1.54, 1.807) is 36.0 Å². The average Bonchev–Trinajstić information content (AvgIpc) is 3.14. The molecule has 1 saturated heterocycles. The number of aliphatic hydroxyl groups is 1. The van der Waals surface area contributed by atoms with Crippen molar-refractivity contribution >= 4 is 28.3 Å². The number of halogens is 1. The highest BCUT2D eigenvalue weighted by atomic mass is 19.1. The summed E-state index contributed by atoms with van der Waals surface area (Å²) in [5.74, 6) is -1.03. The van der Waals surface area contributed by atoms with E-state index in [9.17, 15) is 14.3 Å². The number of carbonyl (C=O) groups excluding carboxylic acids is 1. The summed E-state index contributed by atoms with van der Waals surface area (Å²) in [4.78, 5) is 26.0. The molecular weight excluding hydrogens is 399 g/mol. The van der Waals surface area contributed by atoms with E-state index < -0.39 is 17.8 Å². The number of carbonyl (C=O) groups is 1. The number of anilines is 1. The van der Waals surface area contributed by atoms with E-state index in [0.29, 0.717) is 34.5 Å². The molecule has 1 aliphatic rings. The molecule has 4 aromatic rings. The van der Waals surface area contributed by atoms with Crippen molar-refractivity contribution in [3.05, 3.63) is 65.6 Å². The number of nitrogens with zero attached hydrogens (tertiary/aromatic N) is 4. The molecule has 2 atom stereocenters. The number of nitrogens with one attached hydrogen (secondary N) is 2. The van der Waals surface area contributed by atoms with Crippen LogP contribution in [0, 0.1) is 12.7 Å². The number of amides is 1. The Morgan fingerprint density at radius 1 is 1.26 bits per heavy atom. The van der Waals surface area contributed by atoms with Crippen LogP contribution in [-0.2, 0) is 0 Å². The number of β-amino-alcohol motifs (C(OH)–C–C–N with tert-alkyl or cyclic N) is 1. The third-order valence-corrected chi connectivity index (χ3v) is 5.64. The molecule has 3 N–H and O–H groups in total. The molecule has 2 unspecified atom stereocenters. The maximum absolute atomic E-state index is 14.4. The second-order valence-electron chi connectivity index (χ2n) is 7.77. The van der Waals surface area contributed by atoms with Crippen LogP contribution in [0.3, 0.4) is 0 Å². The molecule has 158 valence electrons. The third kappa shape index (κ3) is 3.51. The Morgan fingerprint density at radius 3 is 2.87 bits per heavy atom. The Bertz CT molecular complexity index is 1300. The Morgan fingerprint density at radius 2 is 2.06 bits per heavy atom. The lowest BCUT2D eigenvalue weighted by Gasteiger charge is -2.29. The zero-order valence-electron chi connectivity index (χ0n) is 16.8. The SMILES string of the molecule is Cc1cn2cc(NC(=O)c3ccc(C4CCNCC4O)c4nccnc34)cc(F)c2n1. The van der Waals surface area contributed by atoms with Gasteiger partial charge in [-0.15, -0.1) is 0 Å². The molecule has 8 nitrogen and oxygen atoms in total. The lowest BCUT2D eigenvalue weighted by atomic mass is 9.86. The smallest absolute Gasteiger partial charge is 0.257 e. The van der Waals surface area contributed by atoms with Crippen LogP contribution in [0.5, 0.6) is 0 Å². The lowest BCUT2D eigenvalue weighted by molar-refractivity contribution is 0.102. The number of aliphatic hydroxyl groups excluding tert-OH is 1. The fraction of sp³-hybridized carbons (Fsp3) is 0.273. The predicted molar refractivity (Wildman–Crippen MR) is 114 cm³/mol. The maximum atomic E-state index is 14.4. The lowest BCUT2D eigenvalue weighted by Crippen LogP contribution is -2.39. The monoisotopic (exact) mass is 420 g/mol. The number of aryl methyl sites for hydroxylation is 1. The molecule has 1 aromatic carbocycles. The molecule has 1 aliphatic heterocycles. The van der Waals surface area contributed by atoms with Crippen LogP contribution in [0.1, 0.15) is 34.0 Å². The van der Waals surface area contributed by atoms with Crippen LogP contribution in [0.15, 0.2) is 43.0 Å². The Balaban J connectivity index is 1.52. The number of rotatable bonds is 3. The number of benzene rings is 1. The van der Waals surface area contributed by atoms with Gasteiger partial charge in [-0.25, -0.2) is 9.37 Å². The van der Waals surface area contributed by atoms with Gasteiger partial charge < -0.3 is 20.1 Å². The highest BCUT2D eigenvalue weighted by Gasteiger charge is 2.27. The van der Waals surface area contributed by atoms with Crippen LogP contribution in [-0.4, -0.2) is 49.6 Å². The van der Waals surface area contributed by atoms with Crippen molar-refractivity contribution in [2.75, 3.05) is 18.4 Å². The van der Waals surface area contributed by atoms with Gasteiger partial charge in [-0.05, 0) is 31.5 Å². The summed E-state index contributed by atoms with van der Waals surface area (Å²) < 4.78 is 15.9. The number of hydrogen-bond acceptors (Lipinski definition) is 6. The van der Waals surface area contributed by atoms with Gasteiger partial charge in [0.1, 0.15) is 5.52 Å². The fourth-order valence-corrected chi connectivity index (χ4v) is 4.21. The van der Waals surface area contributed by atoms with Gasteiger partial charge in [-0.1, -0.05) is 6.07 Å². The molecule has 0 radical (unpaired) electrons. The normalized spacial score (nSPS) is 19.1. The summed E-state index contributed by atoms with van der Waals surface area (Å²) >= 11 is 0. The number of piperidine rings is 1. The summed E-state index contributed by atoms with van der Waals surface area (Å²) in [5, 5.41) is 16.4. The van der Waals surface area contributed by atoms with E-state index in [0.717, 1.165) is 18.5 Å². The topological polar surface area (TPSA) is 104 Å². The van der Waals surface area contributed by atoms with E-state index in [1.165, 1.54) is 12.3 Å². The number of hydrogen-bond donors (Lipinski definition) is 3. The van der Waals surface area contributed by atoms with Gasteiger partial charge in [-0.2, -0.15) is 0 Å². The average molecular weight is 420 g/mol. The molecule has 31 heavy (non-hydrogen) atoms. The predicted octanol–water partition coefficient (Wildman–Crippen LogP) is 2.42. The molecule has 9 heteroatoms. The van der Waals surface area contributed by atoms with E-state index in [2.05, 4.69) is 25.6 Å². The zero-order chi connectivity index (χ0) is 21.5. The van der Waals surface area contributed by atoms with Gasteiger partial charge in [-0.3, -0.25) is 14.8 Å². The number of aromatic nitrogens is 4. The van der Waals surface area contributed by atoms with Crippen molar-refractivity contribution in [2.24, 2.45) is 0 Å².